The van der Waals surface area contributed by atoms with Crippen molar-refractivity contribution in [3.05, 3.63) is 17.0 Å². The lowest BCUT2D eigenvalue weighted by Crippen LogP contribution is -2.39. The molecule has 2 N–H and O–H groups in total. The average Bonchev–Trinajstić information content (AvgIpc) is 3.09. The normalized spacial score (nSPS) is 16.8. The predicted molar refractivity (Wildman–Crippen MR) is 68.6 cm³/mol. The Morgan fingerprint density at radius 1 is 1.50 bits per heavy atom. The maximum absolute atomic E-state index is 11.1. The van der Waals surface area contributed by atoms with Crippen molar-refractivity contribution < 1.29 is 9.90 Å². The van der Waals surface area contributed by atoms with Crippen LogP contribution in [0.2, 0.25) is 0 Å². The van der Waals surface area contributed by atoms with Crippen LogP contribution in [0.25, 0.3) is 0 Å². The molecule has 18 heavy (non-hydrogen) atoms. The van der Waals surface area contributed by atoms with E-state index in [4.69, 9.17) is 5.11 Å². The Morgan fingerprint density at radius 2 is 2.17 bits per heavy atom. The molecule has 1 saturated carbocycles. The van der Waals surface area contributed by atoms with Gasteiger partial charge in [0.2, 0.25) is 0 Å². The van der Waals surface area contributed by atoms with Gasteiger partial charge in [0.25, 0.3) is 0 Å². The van der Waals surface area contributed by atoms with Gasteiger partial charge in [0.1, 0.15) is 6.04 Å². The second-order valence-corrected chi connectivity index (χ2v) is 5.14. The van der Waals surface area contributed by atoms with Crippen LogP contribution in [0.4, 0.5) is 0 Å². The zero-order valence-corrected chi connectivity index (χ0v) is 11.2. The van der Waals surface area contributed by atoms with Gasteiger partial charge in [-0.25, -0.2) is 0 Å². The van der Waals surface area contributed by atoms with Gasteiger partial charge >= 0.3 is 5.97 Å². The molecule has 0 saturated heterocycles. The number of nitrogens with one attached hydrogen (secondary N) is 1. The molecule has 1 fully saturated rings. The van der Waals surface area contributed by atoms with Crippen LogP contribution < -0.4 is 5.32 Å². The summed E-state index contributed by atoms with van der Waals surface area (Å²) in [6.07, 6.45) is 2.78. The van der Waals surface area contributed by atoms with Crippen molar-refractivity contribution in [3.63, 3.8) is 0 Å². The Balaban J connectivity index is 1.95. The molecule has 0 spiro atoms. The minimum absolute atomic E-state index is 0.410. The van der Waals surface area contributed by atoms with Crippen molar-refractivity contribution in [2.45, 2.75) is 58.7 Å². The van der Waals surface area contributed by atoms with E-state index in [2.05, 4.69) is 10.4 Å². The number of nitrogens with zero attached hydrogens (tertiary/aromatic N) is 2. The molecule has 1 aromatic heterocycles. The first kappa shape index (κ1) is 13.1. The Labute approximate surface area is 107 Å². The standard InChI is InChI=1S/C13H21N3O2/c1-8-9(2)15-16(10(8)3)7-6-12(13(17)18)14-11-4-5-11/h11-12,14H,4-7H2,1-3H3,(H,17,18). The van der Waals surface area contributed by atoms with Gasteiger partial charge in [-0.1, -0.05) is 0 Å². The van der Waals surface area contributed by atoms with Crippen molar-refractivity contribution in [2.75, 3.05) is 0 Å². The molecular formula is C13H21N3O2. The van der Waals surface area contributed by atoms with E-state index < -0.39 is 12.0 Å². The highest BCUT2D eigenvalue weighted by Crippen LogP contribution is 2.20. The summed E-state index contributed by atoms with van der Waals surface area (Å²) in [5.41, 5.74) is 3.34. The molecule has 2 rings (SSSR count). The molecule has 100 valence electrons. The highest BCUT2D eigenvalue weighted by Gasteiger charge is 2.28. The Kier molecular flexibility index (Phi) is 3.71. The third-order valence-corrected chi connectivity index (χ3v) is 3.69. The molecule has 5 nitrogen and oxygen atoms in total. The molecule has 1 heterocycles. The van der Waals surface area contributed by atoms with Gasteiger partial charge in [-0.15, -0.1) is 0 Å². The van der Waals surface area contributed by atoms with E-state index in [-0.39, 0.29) is 0 Å². The van der Waals surface area contributed by atoms with Crippen LogP contribution in [-0.2, 0) is 11.3 Å². The minimum atomic E-state index is -0.764. The monoisotopic (exact) mass is 251 g/mol. The fraction of sp³-hybridized carbons (Fsp3) is 0.692. The van der Waals surface area contributed by atoms with Gasteiger partial charge in [-0.05, 0) is 45.6 Å². The third-order valence-electron chi connectivity index (χ3n) is 3.69. The summed E-state index contributed by atoms with van der Waals surface area (Å²) < 4.78 is 1.91. The number of carboxylic acids is 1. The number of hydrogen-bond acceptors (Lipinski definition) is 3. The summed E-state index contributed by atoms with van der Waals surface area (Å²) in [6.45, 7) is 6.71. The zero-order chi connectivity index (χ0) is 13.3. The maximum Gasteiger partial charge on any atom is 0.320 e. The predicted octanol–water partition coefficient (Wildman–Crippen LogP) is 1.40. The first-order valence-corrected chi connectivity index (χ1v) is 6.48. The molecule has 1 atom stereocenters. The van der Waals surface area contributed by atoms with Crippen LogP contribution in [0.5, 0.6) is 0 Å². The topological polar surface area (TPSA) is 67.2 Å². The van der Waals surface area contributed by atoms with E-state index in [9.17, 15) is 4.79 Å². The summed E-state index contributed by atoms with van der Waals surface area (Å²) in [5.74, 6) is -0.764. The van der Waals surface area contributed by atoms with Gasteiger partial charge in [-0.2, -0.15) is 5.10 Å². The van der Waals surface area contributed by atoms with Crippen LogP contribution in [0.3, 0.4) is 0 Å². The molecule has 1 aromatic rings. The fourth-order valence-electron chi connectivity index (χ4n) is 2.07. The number of aliphatic carboxylic acids is 1. The number of hydrogen-bond donors (Lipinski definition) is 2. The lowest BCUT2D eigenvalue weighted by Gasteiger charge is -2.14. The lowest BCUT2D eigenvalue weighted by atomic mass is 10.2. The van der Waals surface area contributed by atoms with Crippen molar-refractivity contribution in [3.8, 4) is 0 Å². The fourth-order valence-corrected chi connectivity index (χ4v) is 2.07. The highest BCUT2D eigenvalue weighted by molar-refractivity contribution is 5.73. The molecule has 0 amide bonds. The van der Waals surface area contributed by atoms with Gasteiger partial charge in [0.05, 0.1) is 5.69 Å². The molecule has 5 heteroatoms. The van der Waals surface area contributed by atoms with Gasteiger partial charge < -0.3 is 10.4 Å². The van der Waals surface area contributed by atoms with Gasteiger partial charge in [-0.3, -0.25) is 9.48 Å². The maximum atomic E-state index is 11.1. The summed E-state index contributed by atoms with van der Waals surface area (Å²) in [7, 11) is 0. The van der Waals surface area contributed by atoms with Crippen molar-refractivity contribution in [1.29, 1.82) is 0 Å². The van der Waals surface area contributed by atoms with Gasteiger partial charge in [0.15, 0.2) is 0 Å². The Morgan fingerprint density at radius 3 is 2.61 bits per heavy atom. The van der Waals surface area contributed by atoms with E-state index >= 15 is 0 Å². The number of aromatic nitrogens is 2. The van der Waals surface area contributed by atoms with E-state index in [0.29, 0.717) is 19.0 Å². The van der Waals surface area contributed by atoms with Crippen LogP contribution in [0.1, 0.15) is 36.2 Å². The molecule has 0 radical (unpaired) electrons. The summed E-state index contributed by atoms with van der Waals surface area (Å²) in [6, 6.07) is -0.0463. The zero-order valence-electron chi connectivity index (χ0n) is 11.2. The quantitative estimate of drug-likeness (QED) is 0.802. The first-order valence-electron chi connectivity index (χ1n) is 6.48. The van der Waals surface area contributed by atoms with E-state index in [1.165, 1.54) is 5.56 Å². The van der Waals surface area contributed by atoms with E-state index in [1.54, 1.807) is 0 Å². The first-order chi connectivity index (χ1) is 8.49. The number of aryl methyl sites for hydroxylation is 2. The summed E-state index contributed by atoms with van der Waals surface area (Å²) in [4.78, 5) is 11.1. The number of carboxylic acid groups (broad SMARTS) is 1. The van der Waals surface area contributed by atoms with Crippen LogP contribution >= 0.6 is 0 Å². The number of rotatable bonds is 6. The summed E-state index contributed by atoms with van der Waals surface area (Å²) in [5, 5.41) is 16.8. The van der Waals surface area contributed by atoms with E-state index in [1.807, 2.05) is 25.5 Å². The van der Waals surface area contributed by atoms with Crippen LogP contribution in [0, 0.1) is 20.8 Å². The Bertz CT molecular complexity index is 449. The van der Waals surface area contributed by atoms with Crippen LogP contribution in [-0.4, -0.2) is 32.9 Å². The van der Waals surface area contributed by atoms with E-state index in [0.717, 1.165) is 24.2 Å². The molecule has 0 aliphatic heterocycles. The van der Waals surface area contributed by atoms with Gasteiger partial charge in [0, 0.05) is 18.3 Å². The molecular weight excluding hydrogens is 230 g/mol. The molecule has 1 unspecified atom stereocenters. The summed E-state index contributed by atoms with van der Waals surface area (Å²) >= 11 is 0. The minimum Gasteiger partial charge on any atom is -0.480 e. The third kappa shape index (κ3) is 2.90. The smallest absolute Gasteiger partial charge is 0.320 e. The molecule has 0 aromatic carbocycles. The van der Waals surface area contributed by atoms with Crippen molar-refractivity contribution in [2.24, 2.45) is 0 Å². The van der Waals surface area contributed by atoms with Crippen molar-refractivity contribution >= 4 is 5.97 Å². The average molecular weight is 251 g/mol. The lowest BCUT2D eigenvalue weighted by molar-refractivity contribution is -0.139. The number of carbonyl (C=O) groups is 1. The largest absolute Gasteiger partial charge is 0.480 e. The molecule has 0 bridgehead atoms. The Hall–Kier alpha value is -1.36. The van der Waals surface area contributed by atoms with Crippen LogP contribution in [0.15, 0.2) is 0 Å². The highest BCUT2D eigenvalue weighted by atomic mass is 16.4. The second-order valence-electron chi connectivity index (χ2n) is 5.14. The molecule has 1 aliphatic rings. The molecule has 1 aliphatic carbocycles. The SMILES string of the molecule is Cc1nn(CCC(NC2CC2)C(=O)O)c(C)c1C. The van der Waals surface area contributed by atoms with Crippen molar-refractivity contribution in [1.82, 2.24) is 15.1 Å². The second kappa shape index (κ2) is 5.10.